The van der Waals surface area contributed by atoms with Gasteiger partial charge in [-0.3, -0.25) is 14.9 Å². The summed E-state index contributed by atoms with van der Waals surface area (Å²) >= 11 is 0. The largest absolute Gasteiger partial charge is 0.455 e. The maximum Gasteiger partial charge on any atom is 0.321 e. The molecule has 4 aliphatic rings. The van der Waals surface area contributed by atoms with Crippen LogP contribution >= 0.6 is 0 Å². The summed E-state index contributed by atoms with van der Waals surface area (Å²) in [6.07, 6.45) is 6.63. The Balaban J connectivity index is 1.22. The molecule has 7 heteroatoms. The van der Waals surface area contributed by atoms with Gasteiger partial charge in [-0.15, -0.1) is 0 Å². The smallest absolute Gasteiger partial charge is 0.321 e. The number of carbonyl (C=O) groups excluding carboxylic acids is 3. The van der Waals surface area contributed by atoms with E-state index in [9.17, 15) is 18.8 Å². The highest BCUT2D eigenvalue weighted by molar-refractivity contribution is 5.95. The molecule has 0 atom stereocenters. The average molecular weight is 388 g/mol. The van der Waals surface area contributed by atoms with Crippen LogP contribution in [0.4, 0.5) is 9.18 Å². The van der Waals surface area contributed by atoms with Gasteiger partial charge in [0.1, 0.15) is 5.82 Å². The van der Waals surface area contributed by atoms with Crippen molar-refractivity contribution in [3.8, 4) is 0 Å². The molecule has 0 aliphatic heterocycles. The maximum atomic E-state index is 13.1. The van der Waals surface area contributed by atoms with E-state index in [0.717, 1.165) is 19.3 Å². The number of halogens is 1. The zero-order chi connectivity index (χ0) is 19.7. The number of hydrogen-bond acceptors (Lipinski definition) is 4. The summed E-state index contributed by atoms with van der Waals surface area (Å²) in [5.41, 5.74) is 0.276. The minimum atomic E-state index is -0.671. The molecule has 0 spiro atoms. The first-order valence-corrected chi connectivity index (χ1v) is 9.91. The molecule has 0 radical (unpaired) electrons. The third-order valence-corrected chi connectivity index (χ3v) is 6.27. The highest BCUT2D eigenvalue weighted by Gasteiger charge is 2.51. The zero-order valence-corrected chi connectivity index (χ0v) is 15.7. The van der Waals surface area contributed by atoms with E-state index in [1.807, 2.05) is 0 Å². The molecule has 4 bridgehead atoms. The molecule has 0 saturated heterocycles. The number of nitrogens with one attached hydrogen (secondary N) is 2. The first-order chi connectivity index (χ1) is 13.4. The van der Waals surface area contributed by atoms with Crippen molar-refractivity contribution in [1.82, 2.24) is 10.6 Å². The molecular weight excluding hydrogens is 363 g/mol. The highest BCUT2D eigenvalue weighted by Crippen LogP contribution is 2.55. The minimum absolute atomic E-state index is 0.134. The molecule has 1 aromatic rings. The molecule has 0 aromatic heterocycles. The van der Waals surface area contributed by atoms with Crippen molar-refractivity contribution in [2.24, 2.45) is 17.8 Å². The Morgan fingerprint density at radius 3 is 2.32 bits per heavy atom. The van der Waals surface area contributed by atoms with E-state index in [1.54, 1.807) is 6.07 Å². The van der Waals surface area contributed by atoms with Crippen molar-refractivity contribution in [1.29, 1.82) is 0 Å². The monoisotopic (exact) mass is 388 g/mol. The predicted octanol–water partition coefficient (Wildman–Crippen LogP) is 2.71. The first-order valence-electron chi connectivity index (χ1n) is 9.91. The number of carbonyl (C=O) groups is 3. The van der Waals surface area contributed by atoms with Gasteiger partial charge < -0.3 is 10.1 Å². The van der Waals surface area contributed by atoms with Gasteiger partial charge in [-0.05, 0) is 74.0 Å². The van der Waals surface area contributed by atoms with Gasteiger partial charge in [0.2, 0.25) is 0 Å². The van der Waals surface area contributed by atoms with Crippen LogP contribution in [0.5, 0.6) is 0 Å². The van der Waals surface area contributed by atoms with E-state index in [-0.39, 0.29) is 12.0 Å². The van der Waals surface area contributed by atoms with Crippen molar-refractivity contribution >= 4 is 17.9 Å². The van der Waals surface area contributed by atoms with Gasteiger partial charge in [0.15, 0.2) is 6.61 Å². The third kappa shape index (κ3) is 4.34. The van der Waals surface area contributed by atoms with Crippen LogP contribution in [0, 0.1) is 23.6 Å². The molecule has 28 heavy (non-hydrogen) atoms. The van der Waals surface area contributed by atoms with Gasteiger partial charge >= 0.3 is 12.0 Å². The van der Waals surface area contributed by atoms with E-state index in [1.165, 1.54) is 37.5 Å². The summed E-state index contributed by atoms with van der Waals surface area (Å²) in [4.78, 5) is 36.0. The van der Waals surface area contributed by atoms with Gasteiger partial charge in [0, 0.05) is 5.54 Å². The lowest BCUT2D eigenvalue weighted by Crippen LogP contribution is -2.62. The molecule has 0 heterocycles. The average Bonchev–Trinajstić information content (AvgIpc) is 2.58. The van der Waals surface area contributed by atoms with Crippen LogP contribution < -0.4 is 10.6 Å². The Labute approximate surface area is 163 Å². The summed E-state index contributed by atoms with van der Waals surface area (Å²) < 4.78 is 18.0. The number of imide groups is 1. The van der Waals surface area contributed by atoms with Crippen LogP contribution in [-0.4, -0.2) is 30.1 Å². The first kappa shape index (κ1) is 18.9. The predicted molar refractivity (Wildman–Crippen MR) is 98.6 cm³/mol. The number of rotatable bonds is 5. The fourth-order valence-corrected chi connectivity index (χ4v) is 5.71. The van der Waals surface area contributed by atoms with Gasteiger partial charge in [-0.25, -0.2) is 9.18 Å². The molecule has 4 aliphatic carbocycles. The molecule has 6 nitrogen and oxygen atoms in total. The number of amides is 3. The Morgan fingerprint density at radius 2 is 1.71 bits per heavy atom. The number of urea groups is 1. The number of hydrogen-bond donors (Lipinski definition) is 2. The van der Waals surface area contributed by atoms with E-state index in [0.29, 0.717) is 23.3 Å². The minimum Gasteiger partial charge on any atom is -0.455 e. The molecule has 0 unspecified atom stereocenters. The summed E-state index contributed by atoms with van der Waals surface area (Å²) in [5.74, 6) is 0.296. The van der Waals surface area contributed by atoms with Gasteiger partial charge in [0.25, 0.3) is 5.91 Å². The lowest BCUT2D eigenvalue weighted by molar-refractivity contribution is -0.147. The normalized spacial score (nSPS) is 30.0. The quantitative estimate of drug-likeness (QED) is 0.760. The summed E-state index contributed by atoms with van der Waals surface area (Å²) in [7, 11) is 0. The molecule has 4 fully saturated rings. The van der Waals surface area contributed by atoms with Crippen molar-refractivity contribution in [3.05, 3.63) is 35.6 Å². The number of esters is 1. The second kappa shape index (κ2) is 7.53. The standard InChI is InChI=1S/C21H25FN2O4/c22-17-3-1-2-13(7-17)8-19(26)28-12-18(25)23-20(27)24-21-9-14-4-15(10-21)6-16(5-14)11-21/h1-3,7,14-16H,4-6,8-12H2,(H2,23,24,25,27). The molecule has 1 aromatic carbocycles. The van der Waals surface area contributed by atoms with Crippen LogP contribution in [0.15, 0.2) is 24.3 Å². The van der Waals surface area contributed by atoms with Crippen LogP contribution in [0.1, 0.15) is 44.1 Å². The van der Waals surface area contributed by atoms with E-state index in [4.69, 9.17) is 4.74 Å². The van der Waals surface area contributed by atoms with Crippen molar-refractivity contribution < 1.29 is 23.5 Å². The lowest BCUT2D eigenvalue weighted by atomic mass is 9.53. The Bertz CT molecular complexity index is 759. The Hall–Kier alpha value is -2.44. The molecule has 3 amide bonds. The lowest BCUT2D eigenvalue weighted by Gasteiger charge is -2.56. The van der Waals surface area contributed by atoms with E-state index >= 15 is 0 Å². The Morgan fingerprint density at radius 1 is 1.07 bits per heavy atom. The summed E-state index contributed by atoms with van der Waals surface area (Å²) in [5, 5.41) is 5.29. The summed E-state index contributed by atoms with van der Waals surface area (Å²) in [6, 6.07) is 5.10. The second-order valence-corrected chi connectivity index (χ2v) is 8.67. The maximum absolute atomic E-state index is 13.1. The SMILES string of the molecule is O=C(COC(=O)Cc1cccc(F)c1)NC(=O)NC12CC3CC(CC(C3)C1)C2. The van der Waals surface area contributed by atoms with Crippen LogP contribution in [0.25, 0.3) is 0 Å². The van der Waals surface area contributed by atoms with Crippen molar-refractivity contribution in [3.63, 3.8) is 0 Å². The topological polar surface area (TPSA) is 84.5 Å². The van der Waals surface area contributed by atoms with Crippen LogP contribution in [0.2, 0.25) is 0 Å². The third-order valence-electron chi connectivity index (χ3n) is 6.27. The highest BCUT2D eigenvalue weighted by atomic mass is 19.1. The second-order valence-electron chi connectivity index (χ2n) is 8.67. The van der Waals surface area contributed by atoms with Gasteiger partial charge in [-0.1, -0.05) is 12.1 Å². The molecule has 150 valence electrons. The van der Waals surface area contributed by atoms with Gasteiger partial charge in [-0.2, -0.15) is 0 Å². The van der Waals surface area contributed by atoms with Crippen LogP contribution in [0.3, 0.4) is 0 Å². The van der Waals surface area contributed by atoms with E-state index < -0.39 is 30.3 Å². The molecular formula is C21H25FN2O4. The van der Waals surface area contributed by atoms with Crippen molar-refractivity contribution in [2.45, 2.75) is 50.5 Å². The number of benzene rings is 1. The summed E-state index contributed by atoms with van der Waals surface area (Å²) in [6.45, 7) is -0.539. The molecule has 2 N–H and O–H groups in total. The molecule has 5 rings (SSSR count). The molecule has 4 saturated carbocycles. The van der Waals surface area contributed by atoms with E-state index in [2.05, 4.69) is 10.6 Å². The fraction of sp³-hybridized carbons (Fsp3) is 0.571. The zero-order valence-electron chi connectivity index (χ0n) is 15.7. The Kier molecular flexibility index (Phi) is 5.08. The number of ether oxygens (including phenoxy) is 1. The fourth-order valence-electron chi connectivity index (χ4n) is 5.71. The van der Waals surface area contributed by atoms with Gasteiger partial charge in [0.05, 0.1) is 6.42 Å². The van der Waals surface area contributed by atoms with Crippen LogP contribution in [-0.2, 0) is 20.7 Å². The van der Waals surface area contributed by atoms with Crippen molar-refractivity contribution in [2.75, 3.05) is 6.61 Å².